The maximum Gasteiger partial charge on any atom is 0.127 e. The summed E-state index contributed by atoms with van der Waals surface area (Å²) < 4.78 is 18.2. The molecule has 0 bridgehead atoms. The maximum absolute atomic E-state index is 12.9. The molecule has 1 aromatic rings. The third-order valence-corrected chi connectivity index (χ3v) is 1.82. The van der Waals surface area contributed by atoms with Crippen LogP contribution in [0.3, 0.4) is 0 Å². The smallest absolute Gasteiger partial charge is 0.127 e. The first-order valence-electron chi connectivity index (χ1n) is 4.44. The van der Waals surface area contributed by atoms with Gasteiger partial charge in [-0.2, -0.15) is 0 Å². The van der Waals surface area contributed by atoms with Gasteiger partial charge in [0.05, 0.1) is 0 Å². The van der Waals surface area contributed by atoms with Crippen molar-refractivity contribution in [3.63, 3.8) is 0 Å². The third kappa shape index (κ3) is 2.57. The first-order valence-corrected chi connectivity index (χ1v) is 4.44. The molecule has 1 atom stereocenters. The molecule has 1 rings (SSSR count). The summed E-state index contributed by atoms with van der Waals surface area (Å²) in [6.07, 6.45) is 1.61. The number of benzene rings is 1. The molecule has 1 aromatic carbocycles. The van der Waals surface area contributed by atoms with Crippen molar-refractivity contribution < 1.29 is 9.13 Å². The Labute approximate surface area is 83.2 Å². The zero-order chi connectivity index (χ0) is 10.6. The van der Waals surface area contributed by atoms with E-state index in [0.717, 1.165) is 5.56 Å². The van der Waals surface area contributed by atoms with Gasteiger partial charge in [0.2, 0.25) is 0 Å². The molecule has 0 heterocycles. The van der Waals surface area contributed by atoms with Crippen LogP contribution in [0.25, 0.3) is 0 Å². The van der Waals surface area contributed by atoms with Gasteiger partial charge in [-0.15, -0.1) is 0 Å². The molecule has 0 amide bonds. The zero-order valence-electron chi connectivity index (χ0n) is 8.16. The third-order valence-electron chi connectivity index (χ3n) is 1.82. The van der Waals surface area contributed by atoms with Crippen LogP contribution in [0.15, 0.2) is 30.9 Å². The maximum atomic E-state index is 12.9. The molecular formula is C11H14FNO. The number of halogens is 1. The minimum Gasteiger partial charge on any atom is -0.489 e. The highest BCUT2D eigenvalue weighted by molar-refractivity contribution is 5.36. The molecule has 14 heavy (non-hydrogen) atoms. The van der Waals surface area contributed by atoms with Crippen molar-refractivity contribution in [3.05, 3.63) is 42.2 Å². The van der Waals surface area contributed by atoms with Crippen LogP contribution in [0.1, 0.15) is 18.5 Å². The fourth-order valence-electron chi connectivity index (χ4n) is 1.16. The highest BCUT2D eigenvalue weighted by atomic mass is 19.1. The van der Waals surface area contributed by atoms with E-state index in [2.05, 4.69) is 6.58 Å². The van der Waals surface area contributed by atoms with Gasteiger partial charge in [0.25, 0.3) is 0 Å². The lowest BCUT2D eigenvalue weighted by molar-refractivity contribution is 0.354. The van der Waals surface area contributed by atoms with Gasteiger partial charge in [0.15, 0.2) is 0 Å². The molecule has 0 aliphatic heterocycles. The van der Waals surface area contributed by atoms with E-state index in [0.29, 0.717) is 12.4 Å². The Balaban J connectivity index is 2.96. The SMILES string of the molecule is C=CCOc1cc(F)ccc1[C@H](C)N. The van der Waals surface area contributed by atoms with Crippen molar-refractivity contribution in [1.82, 2.24) is 0 Å². The van der Waals surface area contributed by atoms with Crippen LogP contribution in [0.4, 0.5) is 4.39 Å². The van der Waals surface area contributed by atoms with Gasteiger partial charge in [-0.1, -0.05) is 18.7 Å². The Bertz CT molecular complexity index is 323. The molecule has 0 saturated carbocycles. The average Bonchev–Trinajstić information content (AvgIpc) is 2.14. The van der Waals surface area contributed by atoms with Crippen LogP contribution < -0.4 is 10.5 Å². The van der Waals surface area contributed by atoms with Gasteiger partial charge in [-0.05, 0) is 13.0 Å². The summed E-state index contributed by atoms with van der Waals surface area (Å²) >= 11 is 0. The van der Waals surface area contributed by atoms with Crippen LogP contribution >= 0.6 is 0 Å². The van der Waals surface area contributed by atoms with E-state index >= 15 is 0 Å². The summed E-state index contributed by atoms with van der Waals surface area (Å²) in [5, 5.41) is 0. The molecule has 0 aromatic heterocycles. The topological polar surface area (TPSA) is 35.2 Å². The highest BCUT2D eigenvalue weighted by Gasteiger charge is 2.08. The van der Waals surface area contributed by atoms with Crippen molar-refractivity contribution in [2.24, 2.45) is 5.73 Å². The number of rotatable bonds is 4. The number of nitrogens with two attached hydrogens (primary N) is 1. The van der Waals surface area contributed by atoms with Crippen LogP contribution in [0.2, 0.25) is 0 Å². The van der Waals surface area contributed by atoms with E-state index in [-0.39, 0.29) is 11.9 Å². The predicted molar refractivity (Wildman–Crippen MR) is 54.7 cm³/mol. The Morgan fingerprint density at radius 1 is 1.64 bits per heavy atom. The van der Waals surface area contributed by atoms with Crippen molar-refractivity contribution in [2.45, 2.75) is 13.0 Å². The second kappa shape index (κ2) is 4.77. The second-order valence-electron chi connectivity index (χ2n) is 3.07. The first-order chi connectivity index (χ1) is 6.65. The van der Waals surface area contributed by atoms with E-state index in [1.807, 2.05) is 6.92 Å². The lowest BCUT2D eigenvalue weighted by Gasteiger charge is -2.12. The molecule has 76 valence electrons. The minimum atomic E-state index is -0.325. The lowest BCUT2D eigenvalue weighted by Crippen LogP contribution is -2.08. The largest absolute Gasteiger partial charge is 0.489 e. The summed E-state index contributed by atoms with van der Waals surface area (Å²) in [6, 6.07) is 4.18. The molecule has 0 unspecified atom stereocenters. The van der Waals surface area contributed by atoms with Crippen LogP contribution in [-0.4, -0.2) is 6.61 Å². The summed E-state index contributed by atoms with van der Waals surface area (Å²) in [6.45, 7) is 5.70. The van der Waals surface area contributed by atoms with E-state index < -0.39 is 0 Å². The van der Waals surface area contributed by atoms with Gasteiger partial charge < -0.3 is 10.5 Å². The van der Waals surface area contributed by atoms with E-state index in [1.165, 1.54) is 12.1 Å². The first kappa shape index (κ1) is 10.7. The lowest BCUT2D eigenvalue weighted by atomic mass is 10.1. The molecule has 0 fully saturated rings. The molecule has 0 aliphatic carbocycles. The fourth-order valence-corrected chi connectivity index (χ4v) is 1.16. The van der Waals surface area contributed by atoms with Crippen LogP contribution in [-0.2, 0) is 0 Å². The van der Waals surface area contributed by atoms with Gasteiger partial charge >= 0.3 is 0 Å². The van der Waals surface area contributed by atoms with E-state index in [1.54, 1.807) is 12.1 Å². The number of hydrogen-bond acceptors (Lipinski definition) is 2. The quantitative estimate of drug-likeness (QED) is 0.749. The standard InChI is InChI=1S/C11H14FNO/c1-3-6-14-11-7-9(12)4-5-10(11)8(2)13/h3-5,7-8H,1,6,13H2,2H3/t8-/m0/s1. The molecule has 2 N–H and O–H groups in total. The Kier molecular flexibility index (Phi) is 3.65. The molecule has 0 radical (unpaired) electrons. The summed E-state index contributed by atoms with van der Waals surface area (Å²) in [5.41, 5.74) is 6.51. The molecule has 0 aliphatic rings. The molecular weight excluding hydrogens is 181 g/mol. The van der Waals surface area contributed by atoms with Gasteiger partial charge in [0, 0.05) is 17.7 Å². The van der Waals surface area contributed by atoms with Crippen molar-refractivity contribution in [1.29, 1.82) is 0 Å². The fraction of sp³-hybridized carbons (Fsp3) is 0.273. The van der Waals surface area contributed by atoms with Gasteiger partial charge in [-0.25, -0.2) is 4.39 Å². The zero-order valence-corrected chi connectivity index (χ0v) is 8.16. The minimum absolute atomic E-state index is 0.171. The van der Waals surface area contributed by atoms with Crippen molar-refractivity contribution in [3.8, 4) is 5.75 Å². The van der Waals surface area contributed by atoms with Crippen LogP contribution in [0, 0.1) is 5.82 Å². The second-order valence-corrected chi connectivity index (χ2v) is 3.07. The normalized spacial score (nSPS) is 12.2. The molecule has 0 saturated heterocycles. The number of ether oxygens (including phenoxy) is 1. The number of hydrogen-bond donors (Lipinski definition) is 1. The van der Waals surface area contributed by atoms with Crippen molar-refractivity contribution >= 4 is 0 Å². The summed E-state index contributed by atoms with van der Waals surface area (Å²) in [5.74, 6) is 0.161. The van der Waals surface area contributed by atoms with Crippen LogP contribution in [0.5, 0.6) is 5.75 Å². The Morgan fingerprint density at radius 2 is 2.36 bits per heavy atom. The molecule has 3 heteroatoms. The molecule has 0 spiro atoms. The predicted octanol–water partition coefficient (Wildman–Crippen LogP) is 2.41. The Hall–Kier alpha value is -1.35. The molecule has 2 nitrogen and oxygen atoms in total. The summed E-state index contributed by atoms with van der Waals surface area (Å²) in [4.78, 5) is 0. The van der Waals surface area contributed by atoms with Crippen molar-refractivity contribution in [2.75, 3.05) is 6.61 Å². The monoisotopic (exact) mass is 195 g/mol. The average molecular weight is 195 g/mol. The Morgan fingerprint density at radius 3 is 2.93 bits per heavy atom. The summed E-state index contributed by atoms with van der Waals surface area (Å²) in [7, 11) is 0. The van der Waals surface area contributed by atoms with E-state index in [9.17, 15) is 4.39 Å². The van der Waals surface area contributed by atoms with E-state index in [4.69, 9.17) is 10.5 Å². The van der Waals surface area contributed by atoms with Gasteiger partial charge in [-0.3, -0.25) is 0 Å². The highest BCUT2D eigenvalue weighted by Crippen LogP contribution is 2.24. The van der Waals surface area contributed by atoms with Gasteiger partial charge in [0.1, 0.15) is 18.2 Å².